The van der Waals surface area contributed by atoms with Gasteiger partial charge in [0.2, 0.25) is 11.8 Å². The van der Waals surface area contributed by atoms with Gasteiger partial charge < -0.3 is 5.11 Å². The first kappa shape index (κ1) is 12.6. The normalized spacial score (nSPS) is 38.5. The van der Waals surface area contributed by atoms with Crippen LogP contribution in [-0.4, -0.2) is 45.9 Å². The van der Waals surface area contributed by atoms with Crippen molar-refractivity contribution in [1.29, 1.82) is 0 Å². The molecule has 2 bridgehead atoms. The minimum Gasteiger partial charge on any atom is -0.481 e. The molecule has 3 aliphatic rings. The second kappa shape index (κ2) is 4.59. The Kier molecular flexibility index (Phi) is 3.05. The summed E-state index contributed by atoms with van der Waals surface area (Å²) in [5.74, 6) is -0.904. The van der Waals surface area contributed by atoms with Crippen LogP contribution in [0.3, 0.4) is 0 Å². The summed E-state index contributed by atoms with van der Waals surface area (Å²) in [5, 5.41) is 11.3. The van der Waals surface area contributed by atoms with Crippen molar-refractivity contribution < 1.29 is 19.5 Å². The Bertz CT molecular complexity index is 422. The quantitative estimate of drug-likeness (QED) is 0.708. The van der Waals surface area contributed by atoms with Crippen LogP contribution in [0.4, 0.5) is 0 Å². The molecule has 0 aromatic heterocycles. The predicted octanol–water partition coefficient (Wildman–Crippen LogP) is 0.119. The number of carboxylic acid groups (broad SMARTS) is 1. The van der Waals surface area contributed by atoms with Crippen LogP contribution in [-0.2, 0) is 14.4 Å². The molecule has 6 heteroatoms. The van der Waals surface area contributed by atoms with Crippen molar-refractivity contribution in [3.63, 3.8) is 0 Å². The number of carbonyl (C=O) groups excluding carboxylic acids is 2. The molecule has 6 nitrogen and oxygen atoms in total. The number of piperidine rings is 1. The lowest BCUT2D eigenvalue weighted by Crippen LogP contribution is -2.51. The molecule has 3 fully saturated rings. The zero-order chi connectivity index (χ0) is 13.6. The monoisotopic (exact) mass is 266 g/mol. The number of nitrogens with one attached hydrogen (secondary N) is 1. The maximum Gasteiger partial charge on any atom is 0.303 e. The molecular formula is C13H18N2O4. The number of hydrogen-bond acceptors (Lipinski definition) is 4. The largest absolute Gasteiger partial charge is 0.481 e. The molecule has 3 atom stereocenters. The zero-order valence-corrected chi connectivity index (χ0v) is 10.7. The van der Waals surface area contributed by atoms with Crippen molar-refractivity contribution in [1.82, 2.24) is 10.2 Å². The molecule has 3 heterocycles. The second-order valence-electron chi connectivity index (χ2n) is 5.90. The van der Waals surface area contributed by atoms with Gasteiger partial charge >= 0.3 is 5.97 Å². The van der Waals surface area contributed by atoms with E-state index in [0.29, 0.717) is 0 Å². The van der Waals surface area contributed by atoms with Gasteiger partial charge in [0.15, 0.2) is 0 Å². The number of imide groups is 1. The highest BCUT2D eigenvalue weighted by atomic mass is 16.4. The molecule has 0 aliphatic carbocycles. The highest BCUT2D eigenvalue weighted by Crippen LogP contribution is 2.42. The van der Waals surface area contributed by atoms with Gasteiger partial charge in [0.05, 0.1) is 12.5 Å². The van der Waals surface area contributed by atoms with E-state index in [1.54, 1.807) is 0 Å². The van der Waals surface area contributed by atoms with E-state index >= 15 is 0 Å². The number of rotatable bonds is 3. The number of carbonyl (C=O) groups is 3. The van der Waals surface area contributed by atoms with Gasteiger partial charge in [0, 0.05) is 18.5 Å². The maximum atomic E-state index is 11.8. The third-order valence-electron chi connectivity index (χ3n) is 4.65. The van der Waals surface area contributed by atoms with Crippen LogP contribution in [0.2, 0.25) is 0 Å². The summed E-state index contributed by atoms with van der Waals surface area (Å²) >= 11 is 0. The molecule has 104 valence electrons. The summed E-state index contributed by atoms with van der Waals surface area (Å²) in [6.45, 7) is 0. The number of aliphatic carboxylic acids is 1. The summed E-state index contributed by atoms with van der Waals surface area (Å²) < 4.78 is 0. The summed E-state index contributed by atoms with van der Waals surface area (Å²) in [6.07, 6.45) is 4.17. The Hall–Kier alpha value is -1.43. The van der Waals surface area contributed by atoms with Gasteiger partial charge in [-0.25, -0.2) is 0 Å². The highest BCUT2D eigenvalue weighted by molar-refractivity contribution is 6.05. The van der Waals surface area contributed by atoms with Crippen molar-refractivity contribution >= 4 is 17.8 Å². The molecule has 19 heavy (non-hydrogen) atoms. The van der Waals surface area contributed by atoms with Gasteiger partial charge in [0.1, 0.15) is 0 Å². The molecule has 3 aliphatic heterocycles. The van der Waals surface area contributed by atoms with Crippen molar-refractivity contribution in [2.75, 3.05) is 0 Å². The lowest BCUT2D eigenvalue weighted by atomic mass is 9.87. The van der Waals surface area contributed by atoms with Crippen LogP contribution < -0.4 is 5.32 Å². The molecule has 2 N–H and O–H groups in total. The SMILES string of the molecule is O=C(O)CC1CC2CCC(C1)N2C1CC(=O)NC1=O. The van der Waals surface area contributed by atoms with E-state index in [0.717, 1.165) is 25.7 Å². The molecule has 3 rings (SSSR count). The Balaban J connectivity index is 1.71. The van der Waals surface area contributed by atoms with Gasteiger partial charge in [-0.15, -0.1) is 0 Å². The average Bonchev–Trinajstić information content (AvgIpc) is 2.75. The van der Waals surface area contributed by atoms with Gasteiger partial charge in [-0.05, 0) is 31.6 Å². The van der Waals surface area contributed by atoms with Gasteiger partial charge in [-0.1, -0.05) is 0 Å². The summed E-state index contributed by atoms with van der Waals surface area (Å²) in [4.78, 5) is 36.1. The molecule has 0 spiro atoms. The van der Waals surface area contributed by atoms with E-state index in [2.05, 4.69) is 10.2 Å². The van der Waals surface area contributed by atoms with E-state index in [4.69, 9.17) is 5.11 Å². The topological polar surface area (TPSA) is 86.7 Å². The molecule has 0 aromatic rings. The summed E-state index contributed by atoms with van der Waals surface area (Å²) in [5.41, 5.74) is 0. The van der Waals surface area contributed by atoms with Crippen LogP contribution in [0, 0.1) is 5.92 Å². The van der Waals surface area contributed by atoms with Gasteiger partial charge in [-0.3, -0.25) is 24.6 Å². The summed E-state index contributed by atoms with van der Waals surface area (Å²) in [6, 6.07) is 0.213. The average molecular weight is 266 g/mol. The van der Waals surface area contributed by atoms with Crippen LogP contribution in [0.1, 0.15) is 38.5 Å². The van der Waals surface area contributed by atoms with Crippen LogP contribution in [0.15, 0.2) is 0 Å². The van der Waals surface area contributed by atoms with E-state index in [-0.39, 0.29) is 48.7 Å². The molecule has 0 saturated carbocycles. The van der Waals surface area contributed by atoms with Crippen molar-refractivity contribution in [3.05, 3.63) is 0 Å². The number of fused-ring (bicyclic) bond motifs is 2. The van der Waals surface area contributed by atoms with Crippen LogP contribution in [0.25, 0.3) is 0 Å². The molecular weight excluding hydrogens is 248 g/mol. The second-order valence-corrected chi connectivity index (χ2v) is 5.90. The highest BCUT2D eigenvalue weighted by Gasteiger charge is 2.48. The molecule has 0 radical (unpaired) electrons. The third kappa shape index (κ3) is 2.25. The molecule has 2 amide bonds. The number of hydrogen-bond donors (Lipinski definition) is 2. The Morgan fingerprint density at radius 2 is 1.89 bits per heavy atom. The Morgan fingerprint density at radius 1 is 1.26 bits per heavy atom. The maximum absolute atomic E-state index is 11.8. The number of amides is 2. The smallest absolute Gasteiger partial charge is 0.303 e. The predicted molar refractivity (Wildman–Crippen MR) is 65.2 cm³/mol. The van der Waals surface area contributed by atoms with Crippen molar-refractivity contribution in [2.45, 2.75) is 56.7 Å². The Morgan fingerprint density at radius 3 is 2.37 bits per heavy atom. The molecule has 0 aromatic carbocycles. The standard InChI is InChI=1S/C13H18N2O4/c16-11-6-10(13(19)14-11)15-8-1-2-9(15)4-7(3-8)5-12(17)18/h7-10H,1-6H2,(H,17,18)(H,14,16,19). The molecule has 3 saturated heterocycles. The molecule has 3 unspecified atom stereocenters. The zero-order valence-electron chi connectivity index (χ0n) is 10.7. The van der Waals surface area contributed by atoms with E-state index < -0.39 is 5.97 Å². The van der Waals surface area contributed by atoms with Gasteiger partial charge in [0.25, 0.3) is 0 Å². The fraction of sp³-hybridized carbons (Fsp3) is 0.769. The lowest BCUT2D eigenvalue weighted by Gasteiger charge is -2.40. The van der Waals surface area contributed by atoms with Crippen molar-refractivity contribution in [2.24, 2.45) is 5.92 Å². The van der Waals surface area contributed by atoms with E-state index in [1.165, 1.54) is 0 Å². The summed E-state index contributed by atoms with van der Waals surface area (Å²) in [7, 11) is 0. The minimum atomic E-state index is -0.744. The van der Waals surface area contributed by atoms with E-state index in [9.17, 15) is 14.4 Å². The first-order valence-corrected chi connectivity index (χ1v) is 6.87. The minimum absolute atomic E-state index is 0.182. The fourth-order valence-corrected chi connectivity index (χ4v) is 4.03. The van der Waals surface area contributed by atoms with Crippen LogP contribution >= 0.6 is 0 Å². The Labute approximate surface area is 111 Å². The lowest BCUT2D eigenvalue weighted by molar-refractivity contribution is -0.139. The number of nitrogens with zero attached hydrogens (tertiary/aromatic N) is 1. The third-order valence-corrected chi connectivity index (χ3v) is 4.65. The van der Waals surface area contributed by atoms with Gasteiger partial charge in [-0.2, -0.15) is 0 Å². The van der Waals surface area contributed by atoms with E-state index in [1.807, 2.05) is 0 Å². The number of carboxylic acids is 1. The fourth-order valence-electron chi connectivity index (χ4n) is 4.03. The first-order valence-electron chi connectivity index (χ1n) is 6.87. The van der Waals surface area contributed by atoms with Crippen LogP contribution in [0.5, 0.6) is 0 Å². The first-order chi connectivity index (χ1) is 9.04. The van der Waals surface area contributed by atoms with Crippen molar-refractivity contribution in [3.8, 4) is 0 Å².